The third kappa shape index (κ3) is 18.6. The third-order valence-electron chi connectivity index (χ3n) is 16.4. The summed E-state index contributed by atoms with van der Waals surface area (Å²) in [5.41, 5.74) is 15.0. The average Bonchev–Trinajstić information content (AvgIpc) is 3.65. The van der Waals surface area contributed by atoms with Crippen LogP contribution >= 0.6 is 0 Å². The zero-order valence-corrected chi connectivity index (χ0v) is 52.1. The van der Waals surface area contributed by atoms with E-state index < -0.39 is 0 Å². The first-order valence-electron chi connectivity index (χ1n) is 32.5. The van der Waals surface area contributed by atoms with Gasteiger partial charge in [0.05, 0.1) is 0 Å². The lowest BCUT2D eigenvalue weighted by atomic mass is 9.88. The number of hydrogen-bond donors (Lipinski definition) is 0. The molecule has 0 unspecified atom stereocenters. The first-order valence-corrected chi connectivity index (χ1v) is 32.5. The van der Waals surface area contributed by atoms with Crippen LogP contribution in [0.5, 0.6) is 0 Å². The molecule has 0 N–H and O–H groups in total. The van der Waals surface area contributed by atoms with Crippen molar-refractivity contribution in [1.29, 1.82) is 0 Å². The molecule has 0 atom stereocenters. The fraction of sp³-hybridized carbons (Fsp3) is 0.410. The Morgan fingerprint density at radius 2 is 0.415 bits per heavy atom. The van der Waals surface area contributed by atoms with Crippen LogP contribution in [0.2, 0.25) is 0 Å². The van der Waals surface area contributed by atoms with Crippen molar-refractivity contribution >= 4 is 92.9 Å². The third-order valence-corrected chi connectivity index (χ3v) is 16.4. The second-order valence-corrected chi connectivity index (χ2v) is 22.9. The maximum absolute atomic E-state index is 2.58. The van der Waals surface area contributed by atoms with Crippen LogP contribution in [0, 0.1) is 0 Å². The molecule has 82 heavy (non-hydrogen) atoms. The van der Waals surface area contributed by atoms with Gasteiger partial charge in [-0.25, -0.2) is 0 Å². The Labute approximate surface area is 498 Å². The highest BCUT2D eigenvalue weighted by Crippen LogP contribution is 2.38. The van der Waals surface area contributed by atoms with E-state index in [1.54, 1.807) is 0 Å². The van der Waals surface area contributed by atoms with Crippen LogP contribution in [-0.2, 0) is 0 Å². The van der Waals surface area contributed by atoms with Gasteiger partial charge in [-0.1, -0.05) is 228 Å². The average molecular weight is 1100 g/mol. The van der Waals surface area contributed by atoms with Gasteiger partial charge in [0.15, 0.2) is 0 Å². The van der Waals surface area contributed by atoms with E-state index in [4.69, 9.17) is 0 Å². The predicted molar refractivity (Wildman–Crippen MR) is 371 cm³/mol. The normalized spacial score (nSPS) is 11.9. The van der Waals surface area contributed by atoms with Gasteiger partial charge in [-0.3, -0.25) is 0 Å². The van der Waals surface area contributed by atoms with Gasteiger partial charge in [-0.2, -0.15) is 0 Å². The topological polar surface area (TPSA) is 13.0 Å². The van der Waals surface area contributed by atoms with Gasteiger partial charge in [-0.05, 0) is 178 Å². The zero-order valence-electron chi connectivity index (χ0n) is 52.1. The minimum absolute atomic E-state index is 1.10. The second-order valence-electron chi connectivity index (χ2n) is 22.9. The lowest BCUT2D eigenvalue weighted by molar-refractivity contribution is 0.678. The van der Waals surface area contributed by atoms with Crippen LogP contribution in [0.4, 0.5) is 22.7 Å². The van der Waals surface area contributed by atoms with E-state index in [1.165, 1.54) is 192 Å². The van der Waals surface area contributed by atoms with Crippen LogP contribution in [0.25, 0.3) is 70.2 Å². The highest BCUT2D eigenvalue weighted by molar-refractivity contribution is 6.15. The molecule has 0 aliphatic carbocycles. The number of nitrogens with zero attached hydrogens (tertiary/aromatic N) is 4. The van der Waals surface area contributed by atoms with Gasteiger partial charge in [0.1, 0.15) is 0 Å². The fourth-order valence-corrected chi connectivity index (χ4v) is 11.1. The molecule has 0 saturated heterocycles. The SMILES string of the molecule is CCCCN(CCCC)c1ccc(C=Cc2ccc3c(C=Cc4ccc(N(CCCC)CCCC)cc4)c4cc(C=Cc5ccc(N(CCCC)CCCC)cc5)ccc4c(C=Cc4ccc(N(CCCC)CCCC)cc4)c3c2)cc1. The van der Waals surface area contributed by atoms with Crippen LogP contribution in [0.15, 0.2) is 133 Å². The van der Waals surface area contributed by atoms with E-state index in [1.807, 2.05) is 0 Å². The largest absolute Gasteiger partial charge is 0.372 e. The molecule has 0 saturated carbocycles. The summed E-state index contributed by atoms with van der Waals surface area (Å²) in [6.45, 7) is 27.2. The maximum Gasteiger partial charge on any atom is 0.0366 e. The summed E-state index contributed by atoms with van der Waals surface area (Å²) in [7, 11) is 0. The van der Waals surface area contributed by atoms with Crippen molar-refractivity contribution in [2.45, 2.75) is 158 Å². The number of hydrogen-bond acceptors (Lipinski definition) is 4. The van der Waals surface area contributed by atoms with Gasteiger partial charge >= 0.3 is 0 Å². The number of rotatable bonds is 36. The first kappa shape index (κ1) is 62.8. The molecule has 0 spiro atoms. The molecule has 0 aliphatic heterocycles. The van der Waals surface area contributed by atoms with Gasteiger partial charge in [-0.15, -0.1) is 0 Å². The molecule has 0 aliphatic rings. The summed E-state index contributed by atoms with van der Waals surface area (Å²) >= 11 is 0. The molecule has 0 bridgehead atoms. The standard InChI is InChI=1S/C78H102N4/c1-9-17-53-79(54-18-10-2)69-41-29-63(30-42-69)25-27-67-39-51-75-74(50-38-66-35-47-72(48-36-66)82(59-23-15-7)60-24-16-8)78-62-68(28-26-64-31-43-70(44-32-64)80(55-19-11-3)56-20-12-4)40-52-76(78)73(77(75)61-67)49-37-65-33-45-71(46-34-65)81(57-21-13-5)58-22-14-6/h25-52,61-62H,9-24,53-60H2,1-8H3. The summed E-state index contributed by atoms with van der Waals surface area (Å²) in [6.07, 6.45) is 38.0. The minimum atomic E-state index is 1.10. The molecule has 0 radical (unpaired) electrons. The van der Waals surface area contributed by atoms with Crippen LogP contribution in [0.1, 0.15) is 203 Å². The predicted octanol–water partition coefficient (Wildman–Crippen LogP) is 22.3. The quantitative estimate of drug-likeness (QED) is 0.0287. The molecule has 7 aromatic carbocycles. The molecule has 0 fully saturated rings. The Balaban J connectivity index is 1.34. The van der Waals surface area contributed by atoms with Gasteiger partial charge in [0.25, 0.3) is 0 Å². The van der Waals surface area contributed by atoms with Crippen molar-refractivity contribution in [2.24, 2.45) is 0 Å². The highest BCUT2D eigenvalue weighted by Gasteiger charge is 2.15. The smallest absolute Gasteiger partial charge is 0.0366 e. The first-order chi connectivity index (χ1) is 40.3. The van der Waals surface area contributed by atoms with E-state index in [0.29, 0.717) is 0 Å². The van der Waals surface area contributed by atoms with E-state index in [9.17, 15) is 0 Å². The van der Waals surface area contributed by atoms with Crippen molar-refractivity contribution in [3.8, 4) is 0 Å². The molecule has 4 nitrogen and oxygen atoms in total. The van der Waals surface area contributed by atoms with Crippen LogP contribution in [0.3, 0.4) is 0 Å². The summed E-state index contributed by atoms with van der Waals surface area (Å²) in [4.78, 5) is 10.3. The molecule has 0 aromatic heterocycles. The Kier molecular flexibility index (Phi) is 26.5. The van der Waals surface area contributed by atoms with Crippen LogP contribution in [-0.4, -0.2) is 52.4 Å². The number of unbranched alkanes of at least 4 members (excludes halogenated alkanes) is 8. The zero-order chi connectivity index (χ0) is 57.7. The van der Waals surface area contributed by atoms with Gasteiger partial charge in [0, 0.05) is 75.1 Å². The molecular weight excluding hydrogens is 993 g/mol. The molecule has 0 amide bonds. The monoisotopic (exact) mass is 1090 g/mol. The van der Waals surface area contributed by atoms with Crippen LogP contribution < -0.4 is 19.6 Å². The lowest BCUT2D eigenvalue weighted by Gasteiger charge is -2.24. The fourth-order valence-electron chi connectivity index (χ4n) is 11.1. The molecular formula is C78H102N4. The second kappa shape index (κ2) is 34.6. The van der Waals surface area contributed by atoms with E-state index in [2.05, 4.69) is 257 Å². The Bertz CT molecular complexity index is 2820. The van der Waals surface area contributed by atoms with Crippen molar-refractivity contribution in [1.82, 2.24) is 0 Å². The Morgan fingerprint density at radius 3 is 0.634 bits per heavy atom. The van der Waals surface area contributed by atoms with E-state index in [-0.39, 0.29) is 0 Å². The summed E-state index contributed by atoms with van der Waals surface area (Å²) in [5.74, 6) is 0. The van der Waals surface area contributed by atoms with Crippen molar-refractivity contribution < 1.29 is 0 Å². The summed E-state index contributed by atoms with van der Waals surface area (Å²) < 4.78 is 0. The molecule has 4 heteroatoms. The van der Waals surface area contributed by atoms with Gasteiger partial charge < -0.3 is 19.6 Å². The highest BCUT2D eigenvalue weighted by atomic mass is 15.1. The summed E-state index contributed by atoms with van der Waals surface area (Å²) in [6, 6.07) is 51.3. The van der Waals surface area contributed by atoms with Crippen molar-refractivity contribution in [3.63, 3.8) is 0 Å². The lowest BCUT2D eigenvalue weighted by Crippen LogP contribution is -2.25. The molecule has 7 aromatic rings. The Morgan fingerprint density at radius 1 is 0.220 bits per heavy atom. The van der Waals surface area contributed by atoms with E-state index >= 15 is 0 Å². The van der Waals surface area contributed by atoms with Crippen molar-refractivity contribution in [2.75, 3.05) is 72.0 Å². The number of benzene rings is 7. The van der Waals surface area contributed by atoms with Gasteiger partial charge in [0.2, 0.25) is 0 Å². The molecule has 7 rings (SSSR count). The molecule has 434 valence electrons. The molecule has 0 heterocycles. The maximum atomic E-state index is 2.58. The van der Waals surface area contributed by atoms with Crippen molar-refractivity contribution in [3.05, 3.63) is 178 Å². The summed E-state index contributed by atoms with van der Waals surface area (Å²) in [5, 5.41) is 4.99. The van der Waals surface area contributed by atoms with E-state index in [0.717, 1.165) is 52.4 Å². The number of fused-ring (bicyclic) bond motifs is 2. The Hall–Kier alpha value is -6.78. The number of anilines is 4. The minimum Gasteiger partial charge on any atom is -0.372 e.